The van der Waals surface area contributed by atoms with Gasteiger partial charge >= 0.3 is 5.63 Å². The summed E-state index contributed by atoms with van der Waals surface area (Å²) < 4.78 is 5.85. The standard InChI is InChI=1S/C30H33NO4/c1-2-21(17-24-15-16-31(29(24)33)19-20-9-5-3-6-10-20)26-18-25(32)28(30(34)35-26)27(23-13-14-23)22-11-7-4-8-12-22/h3-12,18,21,23-24,27,32H,2,13-17,19H2,1H3. The Balaban J connectivity index is 1.34. The molecule has 1 saturated heterocycles. The van der Waals surface area contributed by atoms with Crippen molar-refractivity contribution in [2.24, 2.45) is 11.8 Å². The van der Waals surface area contributed by atoms with Crippen molar-refractivity contribution in [1.29, 1.82) is 0 Å². The van der Waals surface area contributed by atoms with Crippen molar-refractivity contribution < 1.29 is 14.3 Å². The minimum absolute atomic E-state index is 0.0129. The molecular formula is C30H33NO4. The third-order valence-electron chi connectivity index (χ3n) is 7.64. The molecule has 5 rings (SSSR count). The van der Waals surface area contributed by atoms with E-state index >= 15 is 0 Å². The number of likely N-dealkylation sites (tertiary alicyclic amines) is 1. The summed E-state index contributed by atoms with van der Waals surface area (Å²) in [6.45, 7) is 3.40. The van der Waals surface area contributed by atoms with Crippen LogP contribution in [0.5, 0.6) is 5.75 Å². The Morgan fingerprint density at radius 3 is 2.31 bits per heavy atom. The summed E-state index contributed by atoms with van der Waals surface area (Å²) in [5, 5.41) is 11.0. The van der Waals surface area contributed by atoms with Crippen molar-refractivity contribution >= 4 is 5.91 Å². The monoisotopic (exact) mass is 471 g/mol. The quantitative estimate of drug-likeness (QED) is 0.427. The summed E-state index contributed by atoms with van der Waals surface area (Å²) in [5.41, 5.74) is 2.07. The summed E-state index contributed by atoms with van der Waals surface area (Å²) >= 11 is 0. The number of nitrogens with zero attached hydrogens (tertiary/aromatic N) is 1. The lowest BCUT2D eigenvalue weighted by Crippen LogP contribution is -2.27. The third kappa shape index (κ3) is 5.04. The second-order valence-electron chi connectivity index (χ2n) is 10.0. The van der Waals surface area contributed by atoms with Crippen LogP contribution in [0.2, 0.25) is 0 Å². The van der Waals surface area contributed by atoms with Crippen molar-refractivity contribution in [2.45, 2.75) is 57.4 Å². The predicted molar refractivity (Wildman–Crippen MR) is 135 cm³/mol. The van der Waals surface area contributed by atoms with Crippen molar-refractivity contribution in [3.8, 4) is 5.75 Å². The molecule has 5 heteroatoms. The van der Waals surface area contributed by atoms with Crippen LogP contribution in [0.25, 0.3) is 0 Å². The van der Waals surface area contributed by atoms with E-state index in [9.17, 15) is 14.7 Å². The van der Waals surface area contributed by atoms with Gasteiger partial charge in [0.05, 0.1) is 5.56 Å². The zero-order chi connectivity index (χ0) is 24.4. The van der Waals surface area contributed by atoms with E-state index in [1.165, 1.54) is 0 Å². The van der Waals surface area contributed by atoms with Gasteiger partial charge in [0.25, 0.3) is 0 Å². The van der Waals surface area contributed by atoms with Gasteiger partial charge in [-0.05, 0) is 49.1 Å². The summed E-state index contributed by atoms with van der Waals surface area (Å²) in [6, 6.07) is 21.6. The molecule has 1 aromatic heterocycles. The number of amides is 1. The number of hydrogen-bond acceptors (Lipinski definition) is 4. The third-order valence-corrected chi connectivity index (χ3v) is 7.64. The molecule has 3 aromatic rings. The SMILES string of the molecule is CCC(CC1CCN(Cc2ccccc2)C1=O)c1cc(O)c(C(c2ccccc2)C2CC2)c(=O)o1. The van der Waals surface area contributed by atoms with Crippen molar-refractivity contribution in [3.05, 3.63) is 99.6 Å². The van der Waals surface area contributed by atoms with E-state index in [1.54, 1.807) is 6.07 Å². The molecule has 3 unspecified atom stereocenters. The van der Waals surface area contributed by atoms with Gasteiger partial charge in [0.2, 0.25) is 5.91 Å². The lowest BCUT2D eigenvalue weighted by molar-refractivity contribution is -0.131. The van der Waals surface area contributed by atoms with Gasteiger partial charge in [-0.25, -0.2) is 4.79 Å². The molecular weight excluding hydrogens is 438 g/mol. The fourth-order valence-corrected chi connectivity index (χ4v) is 5.57. The zero-order valence-electron chi connectivity index (χ0n) is 20.2. The van der Waals surface area contributed by atoms with E-state index in [2.05, 4.69) is 0 Å². The molecule has 182 valence electrons. The Kier molecular flexibility index (Phi) is 6.76. The number of hydrogen-bond donors (Lipinski definition) is 1. The molecule has 2 aromatic carbocycles. The van der Waals surface area contributed by atoms with Crippen molar-refractivity contribution in [3.63, 3.8) is 0 Å². The molecule has 1 aliphatic heterocycles. The summed E-state index contributed by atoms with van der Waals surface area (Å²) in [5.74, 6) is 0.668. The van der Waals surface area contributed by atoms with Crippen LogP contribution in [0.1, 0.15) is 73.3 Å². The molecule has 1 amide bonds. The van der Waals surface area contributed by atoms with E-state index in [0.717, 1.165) is 43.4 Å². The summed E-state index contributed by atoms with van der Waals surface area (Å²) in [6.07, 6.45) is 4.23. The van der Waals surface area contributed by atoms with Crippen LogP contribution in [0.15, 0.2) is 75.9 Å². The van der Waals surface area contributed by atoms with Gasteiger partial charge in [0.1, 0.15) is 11.5 Å². The molecule has 1 N–H and O–H groups in total. The van der Waals surface area contributed by atoms with Crippen LogP contribution < -0.4 is 5.63 Å². The Hall–Kier alpha value is -3.34. The highest BCUT2D eigenvalue weighted by Gasteiger charge is 2.38. The molecule has 5 nitrogen and oxygen atoms in total. The smallest absolute Gasteiger partial charge is 0.343 e. The maximum absolute atomic E-state index is 13.2. The van der Waals surface area contributed by atoms with Gasteiger partial charge in [0, 0.05) is 36.9 Å². The molecule has 0 radical (unpaired) electrons. The van der Waals surface area contributed by atoms with Gasteiger partial charge in [-0.1, -0.05) is 67.6 Å². The van der Waals surface area contributed by atoms with Crippen LogP contribution in [-0.2, 0) is 11.3 Å². The maximum Gasteiger partial charge on any atom is 0.343 e. The van der Waals surface area contributed by atoms with E-state index in [-0.39, 0.29) is 29.4 Å². The van der Waals surface area contributed by atoms with E-state index in [1.807, 2.05) is 72.5 Å². The first-order valence-electron chi connectivity index (χ1n) is 12.8. The maximum atomic E-state index is 13.2. The molecule has 0 bridgehead atoms. The molecule has 2 aliphatic rings. The number of carbonyl (C=O) groups excluding carboxylic acids is 1. The number of benzene rings is 2. The van der Waals surface area contributed by atoms with E-state index in [4.69, 9.17) is 4.42 Å². The predicted octanol–water partition coefficient (Wildman–Crippen LogP) is 5.82. The van der Waals surface area contributed by atoms with E-state index in [0.29, 0.717) is 30.2 Å². The molecule has 1 saturated carbocycles. The van der Waals surface area contributed by atoms with Crippen LogP contribution in [0, 0.1) is 11.8 Å². The highest BCUT2D eigenvalue weighted by Crippen LogP contribution is 2.48. The van der Waals surface area contributed by atoms with Crippen LogP contribution in [0.3, 0.4) is 0 Å². The van der Waals surface area contributed by atoms with Gasteiger partial charge in [-0.15, -0.1) is 0 Å². The molecule has 3 atom stereocenters. The van der Waals surface area contributed by atoms with E-state index < -0.39 is 5.63 Å². The minimum atomic E-state index is -0.456. The average molecular weight is 472 g/mol. The summed E-state index contributed by atoms with van der Waals surface area (Å²) in [4.78, 5) is 28.2. The van der Waals surface area contributed by atoms with Crippen molar-refractivity contribution in [2.75, 3.05) is 6.54 Å². The fourth-order valence-electron chi connectivity index (χ4n) is 5.57. The lowest BCUT2D eigenvalue weighted by atomic mass is 9.86. The molecule has 2 fully saturated rings. The van der Waals surface area contributed by atoms with Crippen LogP contribution in [0.4, 0.5) is 0 Å². The molecule has 1 aliphatic carbocycles. The molecule has 35 heavy (non-hydrogen) atoms. The summed E-state index contributed by atoms with van der Waals surface area (Å²) in [7, 11) is 0. The zero-order valence-corrected chi connectivity index (χ0v) is 20.2. The second kappa shape index (κ2) is 10.1. The normalized spacial score (nSPS) is 19.6. The first-order chi connectivity index (χ1) is 17.0. The highest BCUT2D eigenvalue weighted by atomic mass is 16.4. The molecule has 2 heterocycles. The van der Waals surface area contributed by atoms with Crippen molar-refractivity contribution in [1.82, 2.24) is 4.90 Å². The Bertz CT molecular complexity index is 1220. The molecule has 0 spiro atoms. The number of rotatable bonds is 9. The fraction of sp³-hybridized carbons (Fsp3) is 0.400. The van der Waals surface area contributed by atoms with Crippen LogP contribution >= 0.6 is 0 Å². The van der Waals surface area contributed by atoms with Crippen LogP contribution in [-0.4, -0.2) is 22.5 Å². The number of carbonyl (C=O) groups is 1. The van der Waals surface area contributed by atoms with Gasteiger partial charge in [0.15, 0.2) is 0 Å². The first-order valence-corrected chi connectivity index (χ1v) is 12.8. The Morgan fingerprint density at radius 2 is 1.69 bits per heavy atom. The minimum Gasteiger partial charge on any atom is -0.507 e. The second-order valence-corrected chi connectivity index (χ2v) is 10.0. The van der Waals surface area contributed by atoms with Gasteiger partial charge < -0.3 is 14.4 Å². The van der Waals surface area contributed by atoms with Gasteiger partial charge in [-0.2, -0.15) is 0 Å². The Morgan fingerprint density at radius 1 is 1.00 bits per heavy atom. The first kappa shape index (κ1) is 23.4. The largest absolute Gasteiger partial charge is 0.507 e. The highest BCUT2D eigenvalue weighted by molar-refractivity contribution is 5.81. The Labute approximate surface area is 206 Å². The number of aromatic hydroxyl groups is 1. The topological polar surface area (TPSA) is 70.8 Å². The average Bonchev–Trinajstić information content (AvgIpc) is 3.65. The van der Waals surface area contributed by atoms with Gasteiger partial charge in [-0.3, -0.25) is 4.79 Å². The lowest BCUT2D eigenvalue weighted by Gasteiger charge is -2.21.